The fraction of sp³-hybridized carbons (Fsp3) is 0.348. The van der Waals surface area contributed by atoms with E-state index in [1.54, 1.807) is 19.2 Å². The molecule has 3 aromatic heterocycles. The lowest BCUT2D eigenvalue weighted by molar-refractivity contribution is 0.342. The van der Waals surface area contributed by atoms with E-state index in [1.807, 2.05) is 26.0 Å². The lowest BCUT2D eigenvalue weighted by Crippen LogP contribution is -2.29. The molecule has 0 amide bonds. The zero-order valence-electron chi connectivity index (χ0n) is 18.9. The fourth-order valence-corrected chi connectivity index (χ4v) is 4.27. The van der Waals surface area contributed by atoms with Gasteiger partial charge in [0.15, 0.2) is 11.6 Å². The van der Waals surface area contributed by atoms with Crippen molar-refractivity contribution in [3.05, 3.63) is 53.2 Å². The van der Waals surface area contributed by atoms with Crippen molar-refractivity contribution < 1.29 is 4.39 Å². The summed E-state index contributed by atoms with van der Waals surface area (Å²) >= 11 is 0. The van der Waals surface area contributed by atoms with E-state index in [1.165, 1.54) is 4.68 Å². The maximum Gasteiger partial charge on any atom is 0.190 e. The third kappa shape index (κ3) is 3.76. The number of benzene rings is 1. The molecule has 1 aliphatic rings. The highest BCUT2D eigenvalue weighted by Crippen LogP contribution is 2.32. The molecule has 4 aromatic rings. The lowest BCUT2D eigenvalue weighted by Gasteiger charge is -2.22. The van der Waals surface area contributed by atoms with Crippen LogP contribution in [0.1, 0.15) is 35.7 Å². The van der Waals surface area contributed by atoms with Crippen molar-refractivity contribution in [2.45, 2.75) is 39.7 Å². The Labute approximate surface area is 190 Å². The van der Waals surface area contributed by atoms with E-state index in [4.69, 9.17) is 10.8 Å². The third-order valence-corrected chi connectivity index (χ3v) is 6.40. The van der Waals surface area contributed by atoms with Crippen molar-refractivity contribution in [1.29, 1.82) is 0 Å². The van der Waals surface area contributed by atoms with Gasteiger partial charge in [0.1, 0.15) is 11.5 Å². The molecule has 0 bridgehead atoms. The number of nitrogen functional groups attached to an aromatic ring is 1. The minimum Gasteiger partial charge on any atom is -0.383 e. The minimum absolute atomic E-state index is 0.262. The molecule has 0 radical (unpaired) electrons. The number of anilines is 1. The zero-order valence-corrected chi connectivity index (χ0v) is 18.9. The van der Waals surface area contributed by atoms with Gasteiger partial charge in [0, 0.05) is 23.5 Å². The Morgan fingerprint density at radius 1 is 1.12 bits per heavy atom. The average molecular weight is 448 g/mol. The summed E-state index contributed by atoms with van der Waals surface area (Å²) in [4.78, 5) is 4.39. The Kier molecular flexibility index (Phi) is 5.37. The van der Waals surface area contributed by atoms with Gasteiger partial charge in [-0.2, -0.15) is 9.78 Å². The van der Waals surface area contributed by atoms with Crippen molar-refractivity contribution >= 4 is 5.82 Å². The number of pyridine rings is 1. The second kappa shape index (κ2) is 8.36. The number of aryl methyl sites for hydroxylation is 2. The van der Waals surface area contributed by atoms with Gasteiger partial charge in [0.05, 0.1) is 17.3 Å². The molecule has 10 heteroatoms. The molecule has 0 spiro atoms. The molecular weight excluding hydrogens is 421 g/mol. The van der Waals surface area contributed by atoms with Crippen LogP contribution in [0.3, 0.4) is 0 Å². The van der Waals surface area contributed by atoms with E-state index in [0.29, 0.717) is 23.0 Å². The second-order valence-corrected chi connectivity index (χ2v) is 8.50. The summed E-state index contributed by atoms with van der Waals surface area (Å²) in [7, 11) is 0. The average Bonchev–Trinajstić information content (AvgIpc) is 3.46. The van der Waals surface area contributed by atoms with Gasteiger partial charge in [-0.1, -0.05) is 6.07 Å². The first-order valence-corrected chi connectivity index (χ1v) is 11.0. The molecule has 1 fully saturated rings. The highest BCUT2D eigenvalue weighted by atomic mass is 19.1. The predicted molar refractivity (Wildman–Crippen MR) is 123 cm³/mol. The maximum atomic E-state index is 15.0. The Morgan fingerprint density at radius 3 is 2.70 bits per heavy atom. The van der Waals surface area contributed by atoms with Crippen molar-refractivity contribution in [3.8, 4) is 28.2 Å². The molecule has 4 heterocycles. The molecule has 0 atom stereocenters. The minimum atomic E-state index is -0.370. The molecule has 1 aromatic carbocycles. The summed E-state index contributed by atoms with van der Waals surface area (Å²) in [5, 5.41) is 20.1. The fourth-order valence-electron chi connectivity index (χ4n) is 4.27. The summed E-state index contributed by atoms with van der Waals surface area (Å²) in [5.74, 6) is 0.222. The largest absolute Gasteiger partial charge is 0.383 e. The highest BCUT2D eigenvalue weighted by molar-refractivity contribution is 5.77. The molecule has 9 nitrogen and oxygen atoms in total. The molecule has 33 heavy (non-hydrogen) atoms. The zero-order chi connectivity index (χ0) is 23.1. The summed E-state index contributed by atoms with van der Waals surface area (Å²) in [6.07, 6.45) is 5.87. The number of piperidine rings is 1. The van der Waals surface area contributed by atoms with Crippen molar-refractivity contribution in [1.82, 2.24) is 40.3 Å². The lowest BCUT2D eigenvalue weighted by atomic mass is 10.1. The summed E-state index contributed by atoms with van der Waals surface area (Å²) in [6.45, 7) is 7.56. The van der Waals surface area contributed by atoms with E-state index >= 15 is 4.39 Å². The molecule has 0 unspecified atom stereocenters. The van der Waals surface area contributed by atoms with E-state index in [0.717, 1.165) is 48.3 Å². The molecule has 1 aliphatic heterocycles. The van der Waals surface area contributed by atoms with Gasteiger partial charge < -0.3 is 11.1 Å². The number of nitrogens with zero attached hydrogens (tertiary/aromatic N) is 7. The molecule has 170 valence electrons. The van der Waals surface area contributed by atoms with Crippen LogP contribution < -0.4 is 11.1 Å². The van der Waals surface area contributed by atoms with Crippen LogP contribution in [-0.4, -0.2) is 48.1 Å². The topological polar surface area (TPSA) is 112 Å². The van der Waals surface area contributed by atoms with Gasteiger partial charge in [-0.05, 0) is 80.4 Å². The van der Waals surface area contributed by atoms with E-state index in [9.17, 15) is 0 Å². The summed E-state index contributed by atoms with van der Waals surface area (Å²) in [6, 6.07) is 5.77. The quantitative estimate of drug-likeness (QED) is 0.494. The Balaban J connectivity index is 1.57. The van der Waals surface area contributed by atoms with E-state index in [-0.39, 0.29) is 17.3 Å². The monoisotopic (exact) mass is 447 g/mol. The Hall–Kier alpha value is -3.66. The predicted octanol–water partition coefficient (Wildman–Crippen LogP) is 3.16. The number of halogens is 1. The van der Waals surface area contributed by atoms with Crippen LogP contribution >= 0.6 is 0 Å². The SMILES string of the molecule is Cc1ccc(-n2nnnc2-c2cc(-c3cn(C4CCNCC4)nc3C)cnc2N)c(F)c1C. The van der Waals surface area contributed by atoms with E-state index in [2.05, 4.69) is 36.7 Å². The second-order valence-electron chi connectivity index (χ2n) is 8.50. The smallest absolute Gasteiger partial charge is 0.190 e. The van der Waals surface area contributed by atoms with Crippen molar-refractivity contribution in [2.24, 2.45) is 0 Å². The highest BCUT2D eigenvalue weighted by Gasteiger charge is 2.21. The maximum absolute atomic E-state index is 15.0. The van der Waals surface area contributed by atoms with Crippen LogP contribution in [0, 0.1) is 26.6 Å². The number of nitrogens with two attached hydrogens (primary N) is 1. The first-order valence-electron chi connectivity index (χ1n) is 11.0. The summed E-state index contributed by atoms with van der Waals surface area (Å²) in [5.41, 5.74) is 11.2. The van der Waals surface area contributed by atoms with Gasteiger partial charge in [-0.15, -0.1) is 5.10 Å². The first kappa shape index (κ1) is 21.2. The third-order valence-electron chi connectivity index (χ3n) is 6.40. The van der Waals surface area contributed by atoms with Gasteiger partial charge in [-0.3, -0.25) is 4.68 Å². The van der Waals surface area contributed by atoms with E-state index < -0.39 is 0 Å². The number of rotatable bonds is 4. The standard InChI is InChI=1S/C23H26FN9/c1-13-4-5-20(21(24)14(13)2)33-23(28-30-31-33)18-10-16(11-27-22(18)25)19-12-32(29-15(19)3)17-6-8-26-9-7-17/h4-5,10-12,17,26H,6-9H2,1-3H3,(H2,25,27). The van der Waals surface area contributed by atoms with Crippen LogP contribution in [0.2, 0.25) is 0 Å². The molecular formula is C23H26FN9. The van der Waals surface area contributed by atoms with Crippen LogP contribution in [0.4, 0.5) is 10.2 Å². The van der Waals surface area contributed by atoms with Crippen LogP contribution in [0.25, 0.3) is 28.2 Å². The molecule has 1 saturated heterocycles. The number of aromatic nitrogens is 7. The normalized spacial score (nSPS) is 14.7. The van der Waals surface area contributed by atoms with Gasteiger partial charge >= 0.3 is 0 Å². The van der Waals surface area contributed by atoms with Crippen molar-refractivity contribution in [2.75, 3.05) is 18.8 Å². The number of nitrogens with one attached hydrogen (secondary N) is 1. The van der Waals surface area contributed by atoms with Crippen LogP contribution in [-0.2, 0) is 0 Å². The van der Waals surface area contributed by atoms with Gasteiger partial charge in [0.25, 0.3) is 0 Å². The molecule has 5 rings (SSSR count). The summed E-state index contributed by atoms with van der Waals surface area (Å²) < 4.78 is 18.4. The number of tetrazole rings is 1. The Morgan fingerprint density at radius 2 is 1.91 bits per heavy atom. The van der Waals surface area contributed by atoms with Gasteiger partial charge in [0.2, 0.25) is 0 Å². The Bertz CT molecular complexity index is 1320. The molecule has 0 saturated carbocycles. The van der Waals surface area contributed by atoms with Crippen molar-refractivity contribution in [3.63, 3.8) is 0 Å². The van der Waals surface area contributed by atoms with Gasteiger partial charge in [-0.25, -0.2) is 9.37 Å². The molecule has 3 N–H and O–H groups in total. The number of hydrogen-bond acceptors (Lipinski definition) is 7. The number of hydrogen-bond donors (Lipinski definition) is 2. The first-order chi connectivity index (χ1) is 15.9. The van der Waals surface area contributed by atoms with Crippen LogP contribution in [0.15, 0.2) is 30.6 Å². The molecule has 0 aliphatic carbocycles. The van der Waals surface area contributed by atoms with Crippen LogP contribution in [0.5, 0.6) is 0 Å².